The summed E-state index contributed by atoms with van der Waals surface area (Å²) in [5.74, 6) is 6.05. The number of carbonyl (C=O) groups is 2. The number of ether oxygens (including phenoxy) is 1. The predicted molar refractivity (Wildman–Crippen MR) is 117 cm³/mol. The van der Waals surface area contributed by atoms with Gasteiger partial charge in [0.1, 0.15) is 5.78 Å². The molecule has 2 rings (SSSR count). The standard InChI is InChI=1S/C24H32O3Si/c1-24(2)16-8-11-22(25)21(24)10-7-6-9-19-12-14-20(15-13-19)23(26)27-17-18-28(3,4)5/h7,10,12-15,21H,8,11,16-18H2,1-5H3/b10-7+. The van der Waals surface area contributed by atoms with Crippen molar-refractivity contribution in [1.82, 2.24) is 0 Å². The lowest BCUT2D eigenvalue weighted by atomic mass is 9.68. The Labute approximate surface area is 170 Å². The normalized spacial score (nSPS) is 19.2. The second kappa shape index (κ2) is 9.38. The van der Waals surface area contributed by atoms with Gasteiger partial charge in [0.05, 0.1) is 12.2 Å². The van der Waals surface area contributed by atoms with Crippen molar-refractivity contribution in [3.8, 4) is 11.8 Å². The lowest BCUT2D eigenvalue weighted by Crippen LogP contribution is -2.33. The molecule has 1 aliphatic rings. The molecule has 3 nitrogen and oxygen atoms in total. The van der Waals surface area contributed by atoms with E-state index in [1.54, 1.807) is 18.2 Å². The number of carbonyl (C=O) groups excluding carboxylic acids is 2. The van der Waals surface area contributed by atoms with Gasteiger partial charge in [-0.2, -0.15) is 0 Å². The topological polar surface area (TPSA) is 43.4 Å². The molecule has 1 aliphatic carbocycles. The van der Waals surface area contributed by atoms with Gasteiger partial charge in [0.25, 0.3) is 0 Å². The molecule has 28 heavy (non-hydrogen) atoms. The molecule has 0 N–H and O–H groups in total. The Balaban J connectivity index is 1.92. The van der Waals surface area contributed by atoms with E-state index in [2.05, 4.69) is 45.3 Å². The summed E-state index contributed by atoms with van der Waals surface area (Å²) in [7, 11) is -1.20. The average Bonchev–Trinajstić information content (AvgIpc) is 2.59. The van der Waals surface area contributed by atoms with Crippen LogP contribution >= 0.6 is 0 Å². The predicted octanol–water partition coefficient (Wildman–Crippen LogP) is 5.48. The fourth-order valence-corrected chi connectivity index (χ4v) is 4.04. The Bertz CT molecular complexity index is 786. The third kappa shape index (κ3) is 6.80. The van der Waals surface area contributed by atoms with Crippen LogP contribution in [0.4, 0.5) is 0 Å². The quantitative estimate of drug-likeness (QED) is 0.376. The molecule has 0 radical (unpaired) electrons. The number of Topliss-reactive ketones (excluding diaryl/α,β-unsaturated/α-hetero) is 1. The number of hydrogen-bond acceptors (Lipinski definition) is 3. The van der Waals surface area contributed by atoms with Crippen LogP contribution in [0.3, 0.4) is 0 Å². The molecular formula is C24H32O3Si. The molecule has 0 spiro atoms. The van der Waals surface area contributed by atoms with Gasteiger partial charge in [-0.3, -0.25) is 4.79 Å². The summed E-state index contributed by atoms with van der Waals surface area (Å²) in [5.41, 5.74) is 1.38. The van der Waals surface area contributed by atoms with Crippen molar-refractivity contribution in [1.29, 1.82) is 0 Å². The molecule has 0 amide bonds. The van der Waals surface area contributed by atoms with Gasteiger partial charge in [-0.05, 0) is 54.6 Å². The largest absolute Gasteiger partial charge is 0.462 e. The highest BCUT2D eigenvalue weighted by Crippen LogP contribution is 2.39. The molecule has 1 aromatic rings. The van der Waals surface area contributed by atoms with Gasteiger partial charge in [0, 0.05) is 26.0 Å². The van der Waals surface area contributed by atoms with E-state index in [-0.39, 0.29) is 17.3 Å². The molecule has 1 saturated carbocycles. The molecule has 0 aromatic heterocycles. The van der Waals surface area contributed by atoms with Gasteiger partial charge in [0.2, 0.25) is 0 Å². The van der Waals surface area contributed by atoms with Crippen LogP contribution < -0.4 is 0 Å². The van der Waals surface area contributed by atoms with E-state index in [0.717, 1.165) is 24.4 Å². The first-order valence-electron chi connectivity index (χ1n) is 10.1. The Kier molecular flexibility index (Phi) is 7.43. The first kappa shape index (κ1) is 22.2. The Morgan fingerprint density at radius 3 is 2.54 bits per heavy atom. The molecule has 0 aliphatic heterocycles. The van der Waals surface area contributed by atoms with Crippen molar-refractivity contribution in [2.24, 2.45) is 11.3 Å². The molecule has 0 bridgehead atoms. The second-order valence-corrected chi connectivity index (χ2v) is 15.1. The number of allylic oxidation sites excluding steroid dienone is 2. The molecule has 0 heterocycles. The summed E-state index contributed by atoms with van der Waals surface area (Å²) in [6.07, 6.45) is 6.44. The van der Waals surface area contributed by atoms with E-state index < -0.39 is 8.07 Å². The fraction of sp³-hybridized carbons (Fsp3) is 0.500. The first-order valence-corrected chi connectivity index (χ1v) is 13.8. The molecule has 1 fully saturated rings. The molecule has 150 valence electrons. The zero-order valence-corrected chi connectivity index (χ0v) is 18.8. The maximum absolute atomic E-state index is 12.2. The van der Waals surface area contributed by atoms with E-state index in [1.807, 2.05) is 18.2 Å². The Hall–Kier alpha value is -2.12. The molecule has 0 saturated heterocycles. The van der Waals surface area contributed by atoms with Crippen molar-refractivity contribution in [3.05, 3.63) is 47.5 Å². The van der Waals surface area contributed by atoms with Crippen molar-refractivity contribution >= 4 is 19.8 Å². The van der Waals surface area contributed by atoms with Crippen molar-refractivity contribution < 1.29 is 14.3 Å². The SMILES string of the molecule is CC1(C)CCCC(=O)C1/C=C/C#Cc1ccc(C(=O)OCC[Si](C)(C)C)cc1. The Morgan fingerprint density at radius 1 is 1.25 bits per heavy atom. The van der Waals surface area contributed by atoms with Gasteiger partial charge in [-0.25, -0.2) is 4.79 Å². The van der Waals surface area contributed by atoms with E-state index in [1.165, 1.54) is 0 Å². The summed E-state index contributed by atoms with van der Waals surface area (Å²) in [6, 6.07) is 8.11. The highest BCUT2D eigenvalue weighted by atomic mass is 28.3. The summed E-state index contributed by atoms with van der Waals surface area (Å²) >= 11 is 0. The van der Waals surface area contributed by atoms with Crippen LogP contribution in [0.5, 0.6) is 0 Å². The summed E-state index contributed by atoms with van der Waals surface area (Å²) < 4.78 is 5.36. The van der Waals surface area contributed by atoms with Crippen LogP contribution in [-0.2, 0) is 9.53 Å². The van der Waals surface area contributed by atoms with E-state index >= 15 is 0 Å². The van der Waals surface area contributed by atoms with Crippen molar-refractivity contribution in [2.45, 2.75) is 58.8 Å². The summed E-state index contributed by atoms with van der Waals surface area (Å²) in [6.45, 7) is 11.6. The van der Waals surface area contributed by atoms with E-state index in [0.29, 0.717) is 24.4 Å². The highest BCUT2D eigenvalue weighted by molar-refractivity contribution is 6.76. The van der Waals surface area contributed by atoms with Gasteiger partial charge >= 0.3 is 5.97 Å². The van der Waals surface area contributed by atoms with Crippen molar-refractivity contribution in [2.75, 3.05) is 6.61 Å². The lowest BCUT2D eigenvalue weighted by Gasteiger charge is -2.35. The third-order valence-electron chi connectivity index (χ3n) is 5.23. The van der Waals surface area contributed by atoms with Crippen LogP contribution in [-0.4, -0.2) is 26.4 Å². The smallest absolute Gasteiger partial charge is 0.338 e. The fourth-order valence-electron chi connectivity index (χ4n) is 3.33. The highest BCUT2D eigenvalue weighted by Gasteiger charge is 2.35. The average molecular weight is 397 g/mol. The Morgan fingerprint density at radius 2 is 1.93 bits per heavy atom. The zero-order chi connectivity index (χ0) is 20.8. The van der Waals surface area contributed by atoms with E-state index in [4.69, 9.17) is 4.74 Å². The zero-order valence-electron chi connectivity index (χ0n) is 17.8. The third-order valence-corrected chi connectivity index (χ3v) is 6.93. The maximum atomic E-state index is 12.2. The summed E-state index contributed by atoms with van der Waals surface area (Å²) in [4.78, 5) is 24.2. The number of benzene rings is 1. The number of ketones is 1. The van der Waals surface area contributed by atoms with Gasteiger partial charge in [0.15, 0.2) is 0 Å². The number of hydrogen-bond donors (Lipinski definition) is 0. The molecule has 1 aromatic carbocycles. The molecular weight excluding hydrogens is 364 g/mol. The molecule has 4 heteroatoms. The molecule has 1 atom stereocenters. The van der Waals surface area contributed by atoms with E-state index in [9.17, 15) is 9.59 Å². The minimum Gasteiger partial charge on any atom is -0.462 e. The van der Waals surface area contributed by atoms with Gasteiger partial charge in [-0.15, -0.1) is 0 Å². The second-order valence-electron chi connectivity index (χ2n) is 9.44. The molecule has 1 unspecified atom stereocenters. The minimum atomic E-state index is -1.20. The van der Waals surface area contributed by atoms with Gasteiger partial charge in [-0.1, -0.05) is 51.4 Å². The number of rotatable bonds is 5. The van der Waals surface area contributed by atoms with Crippen LogP contribution in [0.2, 0.25) is 25.7 Å². The van der Waals surface area contributed by atoms with Crippen LogP contribution in [0.15, 0.2) is 36.4 Å². The lowest BCUT2D eigenvalue weighted by molar-refractivity contribution is -0.127. The maximum Gasteiger partial charge on any atom is 0.338 e. The minimum absolute atomic E-state index is 0.00496. The van der Waals surface area contributed by atoms with Crippen LogP contribution in [0, 0.1) is 23.2 Å². The first-order chi connectivity index (χ1) is 13.1. The van der Waals surface area contributed by atoms with Crippen LogP contribution in [0.25, 0.3) is 0 Å². The monoisotopic (exact) mass is 396 g/mol. The van der Waals surface area contributed by atoms with Crippen molar-refractivity contribution in [3.63, 3.8) is 0 Å². The number of esters is 1. The van der Waals surface area contributed by atoms with Gasteiger partial charge < -0.3 is 4.74 Å². The van der Waals surface area contributed by atoms with Crippen LogP contribution in [0.1, 0.15) is 49.0 Å². The summed E-state index contributed by atoms with van der Waals surface area (Å²) in [5, 5.41) is 0.